The summed E-state index contributed by atoms with van der Waals surface area (Å²) in [5, 5.41) is 9.27. The third-order valence-electron chi connectivity index (χ3n) is 6.78. The molecule has 0 saturated heterocycles. The van der Waals surface area contributed by atoms with E-state index in [2.05, 4.69) is 35.3 Å². The molecule has 0 bridgehead atoms. The van der Waals surface area contributed by atoms with E-state index in [1.807, 2.05) is 31.2 Å². The molecule has 6 heteroatoms. The maximum atomic E-state index is 13.5. The molecule has 0 unspecified atom stereocenters. The van der Waals surface area contributed by atoms with Gasteiger partial charge in [0.1, 0.15) is 5.54 Å². The lowest BCUT2D eigenvalue weighted by molar-refractivity contribution is -0.130. The highest BCUT2D eigenvalue weighted by Crippen LogP contribution is 2.45. The molecule has 1 saturated carbocycles. The zero-order valence-corrected chi connectivity index (χ0v) is 18.7. The van der Waals surface area contributed by atoms with Crippen LogP contribution in [0.25, 0.3) is 11.3 Å². The van der Waals surface area contributed by atoms with Crippen LogP contribution >= 0.6 is 0 Å². The number of hydrogen-bond acceptors (Lipinski definition) is 5. The second kappa shape index (κ2) is 7.86. The van der Waals surface area contributed by atoms with E-state index in [9.17, 15) is 10.1 Å². The molecule has 1 aromatic heterocycles. The second-order valence-corrected chi connectivity index (χ2v) is 9.01. The van der Waals surface area contributed by atoms with Crippen molar-refractivity contribution in [3.05, 3.63) is 89.1 Å². The lowest BCUT2D eigenvalue weighted by Gasteiger charge is -2.41. The number of carbonyl (C=O) groups is 1. The van der Waals surface area contributed by atoms with Gasteiger partial charge in [0.05, 0.1) is 23.2 Å². The molecule has 2 N–H and O–H groups in total. The van der Waals surface area contributed by atoms with Crippen molar-refractivity contribution < 1.29 is 4.79 Å². The smallest absolute Gasteiger partial charge is 0.239 e. The number of rotatable bonds is 4. The quantitative estimate of drug-likeness (QED) is 0.661. The molecule has 2 heterocycles. The zero-order chi connectivity index (χ0) is 23.2. The van der Waals surface area contributed by atoms with Crippen molar-refractivity contribution >= 4 is 11.9 Å². The summed E-state index contributed by atoms with van der Waals surface area (Å²) in [6, 6.07) is 21.7. The van der Waals surface area contributed by atoms with Crippen molar-refractivity contribution in [2.45, 2.75) is 37.1 Å². The molecular formula is C27H25N5O. The van der Waals surface area contributed by atoms with Gasteiger partial charge in [0.15, 0.2) is 5.96 Å². The van der Waals surface area contributed by atoms with Gasteiger partial charge in [-0.2, -0.15) is 5.26 Å². The summed E-state index contributed by atoms with van der Waals surface area (Å²) >= 11 is 0. The van der Waals surface area contributed by atoms with Crippen LogP contribution in [-0.4, -0.2) is 28.8 Å². The number of pyridine rings is 1. The molecule has 0 radical (unpaired) electrons. The molecule has 2 aliphatic rings. The number of carbonyl (C=O) groups excluding carboxylic acids is 1. The third kappa shape index (κ3) is 3.66. The summed E-state index contributed by atoms with van der Waals surface area (Å²) in [7, 11) is 1.66. The maximum Gasteiger partial charge on any atom is 0.239 e. The standard InChI is InChI=1S/C27H25N5O/c1-27(22-12-13-30-23(15-22)21-5-3-4-17(14-21)16-28)24(25(33)32(2)26(29)31-27)20-10-8-19(9-11-20)18-6-7-18/h3-5,8-15,18,24H,6-7H2,1-2H3,(H2,29,31)/t24-,27+/m0/s1. The zero-order valence-electron chi connectivity index (χ0n) is 18.7. The normalized spacial score (nSPS) is 22.6. The Balaban J connectivity index is 1.61. The Morgan fingerprint density at radius 3 is 2.52 bits per heavy atom. The van der Waals surface area contributed by atoms with E-state index in [0.29, 0.717) is 17.2 Å². The number of guanidine groups is 1. The largest absolute Gasteiger partial charge is 0.369 e. The summed E-state index contributed by atoms with van der Waals surface area (Å²) in [5.74, 6) is 0.228. The summed E-state index contributed by atoms with van der Waals surface area (Å²) in [5.41, 5.74) is 10.5. The van der Waals surface area contributed by atoms with E-state index in [-0.39, 0.29) is 11.9 Å². The lowest BCUT2D eigenvalue weighted by atomic mass is 9.74. The van der Waals surface area contributed by atoms with Gasteiger partial charge in [-0.3, -0.25) is 14.7 Å². The molecule has 2 atom stereocenters. The number of nitrogens with two attached hydrogens (primary N) is 1. The van der Waals surface area contributed by atoms with Crippen LogP contribution < -0.4 is 5.73 Å². The van der Waals surface area contributed by atoms with Gasteiger partial charge < -0.3 is 5.73 Å². The van der Waals surface area contributed by atoms with Crippen molar-refractivity contribution in [2.24, 2.45) is 10.7 Å². The molecular weight excluding hydrogens is 410 g/mol. The molecule has 3 aromatic rings. The predicted octanol–water partition coefficient (Wildman–Crippen LogP) is 4.28. The van der Waals surface area contributed by atoms with E-state index < -0.39 is 11.5 Å². The minimum atomic E-state index is -0.903. The topological polar surface area (TPSA) is 95.4 Å². The predicted molar refractivity (Wildman–Crippen MR) is 127 cm³/mol. The summed E-state index contributed by atoms with van der Waals surface area (Å²) in [4.78, 5) is 24.3. The van der Waals surface area contributed by atoms with E-state index >= 15 is 0 Å². The van der Waals surface area contributed by atoms with Gasteiger partial charge in [0.25, 0.3) is 0 Å². The molecule has 164 valence electrons. The van der Waals surface area contributed by atoms with Gasteiger partial charge in [-0.1, -0.05) is 36.4 Å². The summed E-state index contributed by atoms with van der Waals surface area (Å²) in [6.45, 7) is 1.95. The molecule has 0 spiro atoms. The average molecular weight is 436 g/mol. The van der Waals surface area contributed by atoms with Crippen molar-refractivity contribution in [2.75, 3.05) is 7.05 Å². The highest BCUT2D eigenvalue weighted by atomic mass is 16.2. The number of nitrogens with zero attached hydrogens (tertiary/aromatic N) is 4. The number of nitriles is 1. The molecule has 6 nitrogen and oxygen atoms in total. The minimum absolute atomic E-state index is 0.0889. The number of amides is 1. The highest BCUT2D eigenvalue weighted by Gasteiger charge is 2.47. The molecule has 1 aliphatic carbocycles. The molecule has 1 fully saturated rings. The Morgan fingerprint density at radius 2 is 1.82 bits per heavy atom. The van der Waals surface area contributed by atoms with Gasteiger partial charge in [0.2, 0.25) is 5.91 Å². The third-order valence-corrected chi connectivity index (χ3v) is 6.78. The van der Waals surface area contributed by atoms with E-state index in [1.54, 1.807) is 25.4 Å². The Morgan fingerprint density at radius 1 is 1.09 bits per heavy atom. The second-order valence-electron chi connectivity index (χ2n) is 9.01. The number of hydrogen-bond donors (Lipinski definition) is 1. The Bertz CT molecular complexity index is 1300. The fourth-order valence-electron chi connectivity index (χ4n) is 4.65. The SMILES string of the molecule is CN1C(=O)[C@H](c2ccc(C3CC3)cc2)[C@@](C)(c2ccnc(-c3cccc(C#N)c3)c2)N=C1N. The lowest BCUT2D eigenvalue weighted by Crippen LogP contribution is -2.52. The first-order chi connectivity index (χ1) is 15.9. The van der Waals surface area contributed by atoms with Crippen LogP contribution in [0, 0.1) is 11.3 Å². The van der Waals surface area contributed by atoms with Crippen LogP contribution in [0.1, 0.15) is 53.9 Å². The summed E-state index contributed by atoms with van der Waals surface area (Å²) in [6.07, 6.45) is 4.18. The van der Waals surface area contributed by atoms with Gasteiger partial charge in [-0.05, 0) is 66.6 Å². The van der Waals surface area contributed by atoms with Crippen molar-refractivity contribution in [3.63, 3.8) is 0 Å². The fraction of sp³-hybridized carbons (Fsp3) is 0.259. The molecule has 1 aliphatic heterocycles. The highest BCUT2D eigenvalue weighted by molar-refractivity contribution is 6.02. The summed E-state index contributed by atoms with van der Waals surface area (Å²) < 4.78 is 0. The maximum absolute atomic E-state index is 13.5. The Hall–Kier alpha value is -3.98. The van der Waals surface area contributed by atoms with E-state index in [1.165, 1.54) is 23.3 Å². The van der Waals surface area contributed by atoms with Crippen LogP contribution in [-0.2, 0) is 10.3 Å². The van der Waals surface area contributed by atoms with Crippen molar-refractivity contribution in [1.82, 2.24) is 9.88 Å². The van der Waals surface area contributed by atoms with Crippen LogP contribution in [0.4, 0.5) is 0 Å². The molecule has 5 rings (SSSR count). The van der Waals surface area contributed by atoms with Gasteiger partial charge in [-0.15, -0.1) is 0 Å². The van der Waals surface area contributed by atoms with Crippen molar-refractivity contribution in [3.8, 4) is 17.3 Å². The van der Waals surface area contributed by atoms with Gasteiger partial charge >= 0.3 is 0 Å². The number of aromatic nitrogens is 1. The van der Waals surface area contributed by atoms with Crippen molar-refractivity contribution in [1.29, 1.82) is 5.26 Å². The van der Waals surface area contributed by atoms with Crippen LogP contribution in [0.15, 0.2) is 71.9 Å². The monoisotopic (exact) mass is 435 g/mol. The van der Waals surface area contributed by atoms with E-state index in [0.717, 1.165) is 16.7 Å². The average Bonchev–Trinajstić information content (AvgIpc) is 3.69. The Kier molecular flexibility index (Phi) is 4.98. The minimum Gasteiger partial charge on any atom is -0.369 e. The van der Waals surface area contributed by atoms with Crippen LogP contribution in [0.3, 0.4) is 0 Å². The van der Waals surface area contributed by atoms with Gasteiger partial charge in [-0.25, -0.2) is 4.99 Å². The van der Waals surface area contributed by atoms with E-state index in [4.69, 9.17) is 10.7 Å². The molecule has 33 heavy (non-hydrogen) atoms. The molecule has 1 amide bonds. The van der Waals surface area contributed by atoms with Crippen LogP contribution in [0.5, 0.6) is 0 Å². The first-order valence-corrected chi connectivity index (χ1v) is 11.1. The first-order valence-electron chi connectivity index (χ1n) is 11.1. The first kappa shape index (κ1) is 20.9. The number of likely N-dealkylation sites (N-methyl/N-ethyl adjacent to an activating group) is 1. The molecule has 2 aromatic carbocycles. The van der Waals surface area contributed by atoms with Crippen LogP contribution in [0.2, 0.25) is 0 Å². The Labute approximate surface area is 193 Å². The number of benzene rings is 2. The number of aliphatic imine (C=N–C) groups is 1. The van der Waals surface area contributed by atoms with Gasteiger partial charge in [0, 0.05) is 18.8 Å². The fourth-order valence-corrected chi connectivity index (χ4v) is 4.65.